The van der Waals surface area contributed by atoms with E-state index in [1.165, 1.54) is 26.2 Å². The van der Waals surface area contributed by atoms with Gasteiger partial charge in [0.15, 0.2) is 35.6 Å². The number of carbonyl (C=O) groups is 5. The van der Waals surface area contributed by atoms with Gasteiger partial charge in [0.2, 0.25) is 11.5 Å². The van der Waals surface area contributed by atoms with Gasteiger partial charge >= 0.3 is 17.9 Å². The molecule has 0 fully saturated rings. The first kappa shape index (κ1) is 33.2. The lowest BCUT2D eigenvalue weighted by Gasteiger charge is -2.17. The fourth-order valence-electron chi connectivity index (χ4n) is 3.40. The highest BCUT2D eigenvalue weighted by atomic mass is 32.1. The van der Waals surface area contributed by atoms with Crippen LogP contribution in [0.4, 0.5) is 0 Å². The number of aromatic nitrogens is 4. The minimum absolute atomic E-state index is 0.00931. The van der Waals surface area contributed by atoms with Gasteiger partial charge in [-0.15, -0.1) is 22.7 Å². The first-order valence-corrected chi connectivity index (χ1v) is 14.0. The Hall–Kier alpha value is -5.29. The van der Waals surface area contributed by atoms with Crippen LogP contribution < -0.4 is 15.9 Å². The summed E-state index contributed by atoms with van der Waals surface area (Å²) in [6.07, 6.45) is 1.18. The molecule has 0 amide bonds. The van der Waals surface area contributed by atoms with E-state index in [0.29, 0.717) is 27.9 Å². The first-order valence-electron chi connectivity index (χ1n) is 12.2. The smallest absolute Gasteiger partial charge is 0.358 e. The summed E-state index contributed by atoms with van der Waals surface area (Å²) in [6, 6.07) is 3.07. The van der Waals surface area contributed by atoms with E-state index in [2.05, 4.69) is 9.97 Å². The molecule has 0 saturated carbocycles. The number of aldehydes is 2. The Kier molecular flexibility index (Phi) is 9.76. The van der Waals surface area contributed by atoms with Crippen molar-refractivity contribution in [3.63, 3.8) is 0 Å². The molecule has 4 aromatic rings. The van der Waals surface area contributed by atoms with E-state index in [4.69, 9.17) is 9.84 Å². The maximum atomic E-state index is 12.6. The highest BCUT2D eigenvalue weighted by molar-refractivity contribution is 7.14. The largest absolute Gasteiger partial charge is 0.501 e. The summed E-state index contributed by atoms with van der Waals surface area (Å²) in [7, 11) is 2.70. The third-order valence-electron chi connectivity index (χ3n) is 5.78. The van der Waals surface area contributed by atoms with Gasteiger partial charge < -0.3 is 20.1 Å². The van der Waals surface area contributed by atoms with E-state index in [1.54, 1.807) is 31.5 Å². The molecule has 0 unspecified atom stereocenters. The van der Waals surface area contributed by atoms with Gasteiger partial charge in [0.25, 0.3) is 11.1 Å². The number of thiophene rings is 2. The molecular weight excluding hydrogens is 620 g/mol. The van der Waals surface area contributed by atoms with Gasteiger partial charge in [-0.3, -0.25) is 33.1 Å². The van der Waals surface area contributed by atoms with Gasteiger partial charge in [-0.25, -0.2) is 19.6 Å². The second-order valence-corrected chi connectivity index (χ2v) is 11.7. The van der Waals surface area contributed by atoms with Crippen LogP contribution in [0.2, 0.25) is 0 Å². The van der Waals surface area contributed by atoms with Gasteiger partial charge in [-0.2, -0.15) is 0 Å². The normalized spacial score (nSPS) is 10.8. The third-order valence-corrected chi connectivity index (χ3v) is 7.63. The number of carboxylic acids is 2. The molecule has 15 nitrogen and oxygen atoms in total. The van der Waals surface area contributed by atoms with Crippen LogP contribution in [0.5, 0.6) is 11.5 Å². The average molecular weight is 645 g/mol. The van der Waals surface area contributed by atoms with Crippen molar-refractivity contribution in [3.8, 4) is 32.9 Å². The standard InChI is InChI=1S/C16H16N2O6S.C11H8N2O5S/c1-16(2,3)15(23)24-10-9(14(21)22)17-12(18(4)13(10)20)11-8(7-19)5-6-25-11;1-13-9(8-5(4-14)2-3-19-8)12-6(11(17)18)7(15)10(13)16/h5-7H,1-4H3,(H,21,22);2-4,15H,1H3,(H,17,18). The summed E-state index contributed by atoms with van der Waals surface area (Å²) in [6.45, 7) is 4.72. The lowest BCUT2D eigenvalue weighted by molar-refractivity contribution is -0.143. The van der Waals surface area contributed by atoms with Gasteiger partial charge in [0.05, 0.1) is 15.2 Å². The first-order chi connectivity index (χ1) is 20.5. The van der Waals surface area contributed by atoms with E-state index in [1.807, 2.05) is 0 Å². The maximum absolute atomic E-state index is 12.6. The van der Waals surface area contributed by atoms with Crippen molar-refractivity contribution >= 4 is 53.2 Å². The topological polar surface area (TPSA) is 225 Å². The highest BCUT2D eigenvalue weighted by Crippen LogP contribution is 2.29. The van der Waals surface area contributed by atoms with Crippen molar-refractivity contribution in [1.82, 2.24) is 19.1 Å². The van der Waals surface area contributed by atoms with E-state index in [0.717, 1.165) is 31.8 Å². The zero-order chi connectivity index (χ0) is 33.1. The molecule has 17 heteroatoms. The molecule has 4 rings (SSSR count). The fraction of sp³-hybridized carbons (Fsp3) is 0.222. The molecular formula is C27H24N4O11S2. The van der Waals surface area contributed by atoms with Crippen LogP contribution in [0.1, 0.15) is 62.5 Å². The monoisotopic (exact) mass is 644 g/mol. The second kappa shape index (κ2) is 12.9. The van der Waals surface area contributed by atoms with Crippen LogP contribution in [0.15, 0.2) is 32.5 Å². The van der Waals surface area contributed by atoms with Crippen LogP contribution in [0, 0.1) is 5.41 Å². The number of ether oxygens (including phenoxy) is 1. The molecule has 0 aliphatic rings. The highest BCUT2D eigenvalue weighted by Gasteiger charge is 2.30. The van der Waals surface area contributed by atoms with E-state index >= 15 is 0 Å². The summed E-state index contributed by atoms with van der Waals surface area (Å²) < 4.78 is 7.08. The van der Waals surface area contributed by atoms with Crippen LogP contribution in [-0.4, -0.2) is 64.9 Å². The number of esters is 1. The minimum atomic E-state index is -1.51. The molecule has 0 saturated heterocycles. The summed E-state index contributed by atoms with van der Waals surface area (Å²) >= 11 is 2.29. The van der Waals surface area contributed by atoms with Gasteiger partial charge in [0.1, 0.15) is 0 Å². The van der Waals surface area contributed by atoms with E-state index in [-0.39, 0.29) is 17.2 Å². The number of aromatic carboxylic acids is 2. The van der Waals surface area contributed by atoms with Gasteiger partial charge in [-0.1, -0.05) is 0 Å². The average Bonchev–Trinajstić information content (AvgIpc) is 3.63. The molecule has 44 heavy (non-hydrogen) atoms. The van der Waals surface area contributed by atoms with Crippen LogP contribution >= 0.6 is 22.7 Å². The Morgan fingerprint density at radius 2 is 1.25 bits per heavy atom. The Morgan fingerprint density at radius 3 is 1.66 bits per heavy atom. The number of rotatable bonds is 7. The Morgan fingerprint density at radius 1 is 0.818 bits per heavy atom. The third kappa shape index (κ3) is 6.52. The number of hydrogen-bond acceptors (Lipinski definition) is 13. The molecule has 3 N–H and O–H groups in total. The summed E-state index contributed by atoms with van der Waals surface area (Å²) in [5.41, 5.74) is -3.47. The Bertz CT molecular complexity index is 1930. The summed E-state index contributed by atoms with van der Waals surface area (Å²) in [5.74, 6) is -5.33. The van der Waals surface area contributed by atoms with Crippen LogP contribution in [-0.2, 0) is 18.9 Å². The van der Waals surface area contributed by atoms with Crippen molar-refractivity contribution in [1.29, 1.82) is 0 Å². The van der Waals surface area contributed by atoms with Crippen LogP contribution in [0.3, 0.4) is 0 Å². The number of carboxylic acid groups (broad SMARTS) is 2. The molecule has 0 aliphatic heterocycles. The Balaban J connectivity index is 0.000000249. The lowest BCUT2D eigenvalue weighted by atomic mass is 9.97. The quantitative estimate of drug-likeness (QED) is 0.195. The van der Waals surface area contributed by atoms with E-state index in [9.17, 15) is 43.8 Å². The molecule has 4 aromatic heterocycles. The molecule has 4 heterocycles. The zero-order valence-electron chi connectivity index (χ0n) is 23.7. The number of aromatic hydroxyl groups is 1. The van der Waals surface area contributed by atoms with Crippen molar-refractivity contribution in [2.24, 2.45) is 19.5 Å². The fourth-order valence-corrected chi connectivity index (χ4v) is 5.18. The maximum Gasteiger partial charge on any atom is 0.358 e. The van der Waals surface area contributed by atoms with E-state index < -0.39 is 57.3 Å². The lowest BCUT2D eigenvalue weighted by Crippen LogP contribution is -2.32. The Labute approximate surface area is 255 Å². The van der Waals surface area contributed by atoms with Crippen LogP contribution in [0.25, 0.3) is 21.4 Å². The van der Waals surface area contributed by atoms with Crippen molar-refractivity contribution in [2.45, 2.75) is 20.8 Å². The van der Waals surface area contributed by atoms with Gasteiger partial charge in [-0.05, 0) is 43.7 Å². The minimum Gasteiger partial charge on any atom is -0.501 e. The molecule has 0 spiro atoms. The predicted molar refractivity (Wildman–Crippen MR) is 157 cm³/mol. The summed E-state index contributed by atoms with van der Waals surface area (Å²) in [5, 5.41) is 31.0. The molecule has 0 bridgehead atoms. The van der Waals surface area contributed by atoms with Crippen molar-refractivity contribution < 1.29 is 44.0 Å². The zero-order valence-corrected chi connectivity index (χ0v) is 25.3. The molecule has 230 valence electrons. The number of carbonyl (C=O) groups excluding carboxylic acids is 3. The predicted octanol–water partition coefficient (Wildman–Crippen LogP) is 2.70. The molecule has 0 aliphatic carbocycles. The number of nitrogens with zero attached hydrogens (tertiary/aromatic N) is 4. The second-order valence-electron chi connectivity index (χ2n) is 9.87. The molecule has 0 atom stereocenters. The van der Waals surface area contributed by atoms with Gasteiger partial charge in [0, 0.05) is 25.2 Å². The molecule has 0 aromatic carbocycles. The molecule has 0 radical (unpaired) electrons. The number of hydrogen-bond donors (Lipinski definition) is 3. The van der Waals surface area contributed by atoms with Crippen molar-refractivity contribution in [2.75, 3.05) is 0 Å². The SMILES string of the molecule is Cn1c(-c2sccc2C=O)nc(C(=O)O)c(O)c1=O.Cn1c(-c2sccc2C=O)nc(C(=O)O)c(OC(=O)C(C)(C)C)c1=O. The summed E-state index contributed by atoms with van der Waals surface area (Å²) in [4.78, 5) is 89.2. The van der Waals surface area contributed by atoms with Crippen molar-refractivity contribution in [3.05, 3.63) is 66.1 Å².